The van der Waals surface area contributed by atoms with E-state index < -0.39 is 0 Å². The van der Waals surface area contributed by atoms with Crippen LogP contribution in [0, 0.1) is 0 Å². The SMILES string of the molecule is c1cc(-c2c3ccccc3c(-c3cc4ccccc4c4ccccc34)c3ccccc23)c(-c2c3ccccc3c(-c3cc4ccccc4c4ccccc34)c3ccccc23)c(-c2c3ccccc3c(-c3cc4ccccc4c4ccccc34)c3ccccc23)c1. The van der Waals surface area contributed by atoms with Crippen molar-refractivity contribution < 1.29 is 0 Å². The maximum Gasteiger partial charge on any atom is -0.00134 e. The Labute approximate surface area is 520 Å². The number of rotatable bonds is 6. The lowest BCUT2D eigenvalue weighted by Gasteiger charge is -2.26. The second-order valence-electron chi connectivity index (χ2n) is 24.3. The summed E-state index contributed by atoms with van der Waals surface area (Å²) in [6, 6.07) is 124. The van der Waals surface area contributed by atoms with E-state index >= 15 is 0 Å². The van der Waals surface area contributed by atoms with Gasteiger partial charge in [-0.3, -0.25) is 0 Å². The molecule has 0 aliphatic heterocycles. The molecule has 0 amide bonds. The Hall–Kier alpha value is -11.7. The van der Waals surface area contributed by atoms with E-state index in [4.69, 9.17) is 0 Å². The first-order chi connectivity index (χ1) is 44.7. The fraction of sp³-hybridized carbons (Fsp3) is 0. The fourth-order valence-corrected chi connectivity index (χ4v) is 16.1. The molecule has 19 aromatic rings. The van der Waals surface area contributed by atoms with Crippen LogP contribution in [-0.4, -0.2) is 0 Å². The second-order valence-corrected chi connectivity index (χ2v) is 24.3. The molecule has 414 valence electrons. The molecule has 0 saturated heterocycles. The molecule has 0 atom stereocenters. The molecule has 0 saturated carbocycles. The molecule has 0 bridgehead atoms. The van der Waals surface area contributed by atoms with Gasteiger partial charge in [-0.05, 0) is 214 Å². The van der Waals surface area contributed by atoms with Crippen LogP contribution in [0.4, 0.5) is 0 Å². The van der Waals surface area contributed by atoms with Gasteiger partial charge in [-0.1, -0.05) is 309 Å². The van der Waals surface area contributed by atoms with Crippen molar-refractivity contribution in [1.29, 1.82) is 0 Å². The maximum absolute atomic E-state index is 2.45. The summed E-state index contributed by atoms with van der Waals surface area (Å²) >= 11 is 0. The van der Waals surface area contributed by atoms with E-state index in [9.17, 15) is 0 Å². The number of hydrogen-bond donors (Lipinski definition) is 0. The zero-order valence-corrected chi connectivity index (χ0v) is 49.2. The summed E-state index contributed by atoms with van der Waals surface area (Å²) in [7, 11) is 0. The fourth-order valence-electron chi connectivity index (χ4n) is 16.1. The zero-order valence-electron chi connectivity index (χ0n) is 49.2. The number of fused-ring (bicyclic) bond motifs is 15. The molecule has 0 spiro atoms. The molecule has 0 nitrogen and oxygen atoms in total. The van der Waals surface area contributed by atoms with Crippen LogP contribution in [0.15, 0.2) is 328 Å². The van der Waals surface area contributed by atoms with Crippen LogP contribution in [0.1, 0.15) is 0 Å². The molecule has 0 aliphatic rings. The Kier molecular flexibility index (Phi) is 11.2. The second kappa shape index (κ2) is 19.9. The standard InChI is InChI=1S/C90H54/c1-4-29-58-55(26-1)52-81(64-35-10-7-32-61(58)64)86-71-42-17-13-38-67(71)84(68-39-14-18-43-72(68)86)79-50-25-51-80(85-69-40-15-19-44-73(69)87(74-45-20-16-41-70(74)85)82-53-56-27-2-5-30-59(56)62-33-8-11-36-65(62)82)90(79)89-77-48-23-21-46-75(77)88(76-47-22-24-49-78(76)89)83-54-57-28-3-6-31-60(57)63-34-9-12-37-66(63)83/h1-54H. The van der Waals surface area contributed by atoms with E-state index in [2.05, 4.69) is 328 Å². The predicted octanol–water partition coefficient (Wildman–Crippen LogP) is 25.5. The third-order valence-corrected chi connectivity index (χ3v) is 19.8. The third-order valence-electron chi connectivity index (χ3n) is 19.8. The maximum atomic E-state index is 2.45. The minimum absolute atomic E-state index is 1.19. The Morgan fingerprint density at radius 3 is 0.522 bits per heavy atom. The average Bonchev–Trinajstić information content (AvgIpc) is 0.889. The molecule has 0 aliphatic carbocycles. The zero-order chi connectivity index (χ0) is 59.0. The summed E-state index contributed by atoms with van der Waals surface area (Å²) in [5.74, 6) is 0. The Bertz CT molecular complexity index is 5850. The molecule has 0 heterocycles. The quantitative estimate of drug-likeness (QED) is 0.115. The summed E-state index contributed by atoms with van der Waals surface area (Å²) in [5.41, 5.74) is 14.7. The first-order valence-electron chi connectivity index (χ1n) is 31.4. The van der Waals surface area contributed by atoms with Gasteiger partial charge < -0.3 is 0 Å². The molecular weight excluding hydrogens is 1080 g/mol. The largest absolute Gasteiger partial charge is 0.0616 e. The van der Waals surface area contributed by atoms with Gasteiger partial charge in [0.05, 0.1) is 0 Å². The summed E-state index contributed by atoms with van der Waals surface area (Å²) in [5, 5.41) is 29.6. The molecule has 0 aromatic heterocycles. The first-order valence-corrected chi connectivity index (χ1v) is 31.4. The predicted molar refractivity (Wildman–Crippen MR) is 389 cm³/mol. The summed E-state index contributed by atoms with van der Waals surface area (Å²) in [4.78, 5) is 0. The number of hydrogen-bond acceptors (Lipinski definition) is 0. The lowest BCUT2D eigenvalue weighted by Crippen LogP contribution is -1.99. The van der Waals surface area contributed by atoms with Crippen LogP contribution in [0.2, 0.25) is 0 Å². The van der Waals surface area contributed by atoms with E-state index in [1.807, 2.05) is 0 Å². The van der Waals surface area contributed by atoms with E-state index in [-0.39, 0.29) is 0 Å². The summed E-state index contributed by atoms with van der Waals surface area (Å²) in [6.07, 6.45) is 0. The van der Waals surface area contributed by atoms with Crippen molar-refractivity contribution in [2.45, 2.75) is 0 Å². The van der Waals surface area contributed by atoms with E-state index in [1.54, 1.807) is 0 Å². The van der Waals surface area contributed by atoms with Crippen molar-refractivity contribution in [3.63, 3.8) is 0 Å². The van der Waals surface area contributed by atoms with Gasteiger partial charge in [-0.25, -0.2) is 0 Å². The highest BCUT2D eigenvalue weighted by Gasteiger charge is 2.29. The lowest BCUT2D eigenvalue weighted by molar-refractivity contribution is 1.63. The summed E-state index contributed by atoms with van der Waals surface area (Å²) < 4.78 is 0. The van der Waals surface area contributed by atoms with Crippen LogP contribution >= 0.6 is 0 Å². The molecule has 0 N–H and O–H groups in total. The van der Waals surface area contributed by atoms with Gasteiger partial charge in [0.2, 0.25) is 0 Å². The van der Waals surface area contributed by atoms with Gasteiger partial charge in [-0.15, -0.1) is 0 Å². The van der Waals surface area contributed by atoms with Crippen molar-refractivity contribution in [2.24, 2.45) is 0 Å². The normalized spacial score (nSPS) is 12.0. The van der Waals surface area contributed by atoms with Gasteiger partial charge in [-0.2, -0.15) is 0 Å². The van der Waals surface area contributed by atoms with Crippen LogP contribution in [0.25, 0.3) is 196 Å². The van der Waals surface area contributed by atoms with E-state index in [0.29, 0.717) is 0 Å². The highest BCUT2D eigenvalue weighted by molar-refractivity contribution is 6.33. The monoisotopic (exact) mass is 1130 g/mol. The van der Waals surface area contributed by atoms with Crippen molar-refractivity contribution in [3.05, 3.63) is 328 Å². The summed E-state index contributed by atoms with van der Waals surface area (Å²) in [6.45, 7) is 0. The van der Waals surface area contributed by atoms with Gasteiger partial charge in [0.25, 0.3) is 0 Å². The molecule has 0 unspecified atom stereocenters. The smallest absolute Gasteiger partial charge is 0.00134 e. The molecule has 0 radical (unpaired) electrons. The lowest BCUT2D eigenvalue weighted by atomic mass is 9.76. The molecule has 0 heteroatoms. The molecule has 19 rings (SSSR count). The minimum Gasteiger partial charge on any atom is -0.0616 e. The minimum atomic E-state index is 1.19. The molecule has 0 fully saturated rings. The van der Waals surface area contributed by atoms with Crippen LogP contribution in [0.5, 0.6) is 0 Å². The van der Waals surface area contributed by atoms with Gasteiger partial charge in [0, 0.05) is 0 Å². The first kappa shape index (κ1) is 50.5. The van der Waals surface area contributed by atoms with Gasteiger partial charge in [0.1, 0.15) is 0 Å². The van der Waals surface area contributed by atoms with Crippen LogP contribution in [0.3, 0.4) is 0 Å². The molecule has 90 heavy (non-hydrogen) atoms. The van der Waals surface area contributed by atoms with E-state index in [1.165, 1.54) is 196 Å². The topological polar surface area (TPSA) is 0 Å². The van der Waals surface area contributed by atoms with Crippen molar-refractivity contribution in [1.82, 2.24) is 0 Å². The third kappa shape index (κ3) is 7.37. The highest BCUT2D eigenvalue weighted by Crippen LogP contribution is 2.56. The number of benzene rings is 19. The Morgan fingerprint density at radius 1 is 0.100 bits per heavy atom. The van der Waals surface area contributed by atoms with E-state index in [0.717, 1.165) is 0 Å². The average molecular weight is 1140 g/mol. The molecule has 19 aromatic carbocycles. The van der Waals surface area contributed by atoms with Crippen molar-refractivity contribution >= 4 is 129 Å². The van der Waals surface area contributed by atoms with Gasteiger partial charge in [0.15, 0.2) is 0 Å². The Balaban J connectivity index is 0.994. The Morgan fingerprint density at radius 2 is 0.278 bits per heavy atom. The van der Waals surface area contributed by atoms with Gasteiger partial charge >= 0.3 is 0 Å². The van der Waals surface area contributed by atoms with Crippen molar-refractivity contribution in [2.75, 3.05) is 0 Å². The van der Waals surface area contributed by atoms with Crippen molar-refractivity contribution in [3.8, 4) is 66.8 Å². The van der Waals surface area contributed by atoms with Crippen LogP contribution in [-0.2, 0) is 0 Å². The highest BCUT2D eigenvalue weighted by atomic mass is 14.3. The van der Waals surface area contributed by atoms with Crippen LogP contribution < -0.4 is 0 Å². The molecular formula is C90H54.